The van der Waals surface area contributed by atoms with Gasteiger partial charge in [0.05, 0.1) is 10.7 Å². The van der Waals surface area contributed by atoms with E-state index < -0.39 is 0 Å². The zero-order valence-corrected chi connectivity index (χ0v) is 21.7. The zero-order chi connectivity index (χ0) is 24.6. The Labute approximate surface area is 213 Å². The summed E-state index contributed by atoms with van der Waals surface area (Å²) >= 11 is 6.31. The summed E-state index contributed by atoms with van der Waals surface area (Å²) in [6, 6.07) is 12.4. The Kier molecular flexibility index (Phi) is 6.51. The first-order valence-electron chi connectivity index (χ1n) is 12.7. The highest BCUT2D eigenvalue weighted by molar-refractivity contribution is 6.32. The molecule has 0 atom stereocenters. The first-order chi connectivity index (χ1) is 16.7. The van der Waals surface area contributed by atoms with Crippen molar-refractivity contribution in [2.45, 2.75) is 63.9 Å². The van der Waals surface area contributed by atoms with E-state index in [9.17, 15) is 4.79 Å². The van der Waals surface area contributed by atoms with E-state index >= 15 is 0 Å². The van der Waals surface area contributed by atoms with Crippen molar-refractivity contribution < 1.29 is 9.63 Å². The number of aromatic nitrogens is 1. The van der Waals surface area contributed by atoms with Crippen LogP contribution in [-0.2, 0) is 15.0 Å². The fourth-order valence-electron chi connectivity index (χ4n) is 5.50. The molecule has 1 aliphatic carbocycles. The van der Waals surface area contributed by atoms with Crippen molar-refractivity contribution in [3.63, 3.8) is 0 Å². The molecule has 6 nitrogen and oxygen atoms in total. The van der Waals surface area contributed by atoms with E-state index in [1.807, 2.05) is 17.0 Å². The molecule has 1 saturated heterocycles. The minimum Gasteiger partial charge on any atom is -0.389 e. The van der Waals surface area contributed by atoms with Crippen molar-refractivity contribution in [2.75, 3.05) is 31.1 Å². The van der Waals surface area contributed by atoms with Crippen LogP contribution in [0.1, 0.15) is 64.0 Å². The molecule has 3 heterocycles. The van der Waals surface area contributed by atoms with Gasteiger partial charge in [-0.3, -0.25) is 4.79 Å². The van der Waals surface area contributed by atoms with E-state index in [1.54, 1.807) is 6.20 Å². The highest BCUT2D eigenvalue weighted by Crippen LogP contribution is 2.42. The molecule has 35 heavy (non-hydrogen) atoms. The largest absolute Gasteiger partial charge is 0.389 e. The molecule has 0 unspecified atom stereocenters. The van der Waals surface area contributed by atoms with Gasteiger partial charge in [0.25, 0.3) is 0 Å². The Balaban J connectivity index is 1.13. The molecule has 0 N–H and O–H groups in total. The number of piperazine rings is 1. The second kappa shape index (κ2) is 9.45. The van der Waals surface area contributed by atoms with Crippen molar-refractivity contribution in [1.82, 2.24) is 9.88 Å². The summed E-state index contributed by atoms with van der Waals surface area (Å²) in [7, 11) is 0. The van der Waals surface area contributed by atoms with Gasteiger partial charge < -0.3 is 14.6 Å². The quantitative estimate of drug-likeness (QED) is 0.570. The summed E-state index contributed by atoms with van der Waals surface area (Å²) in [5.41, 5.74) is 3.37. The number of nitrogens with zero attached hydrogens (tertiary/aromatic N) is 4. The van der Waals surface area contributed by atoms with Gasteiger partial charge in [-0.05, 0) is 54.4 Å². The predicted octanol–water partition coefficient (Wildman–Crippen LogP) is 5.43. The van der Waals surface area contributed by atoms with E-state index in [1.165, 1.54) is 5.56 Å². The van der Waals surface area contributed by atoms with Crippen molar-refractivity contribution in [3.05, 3.63) is 58.7 Å². The first kappa shape index (κ1) is 24.1. The van der Waals surface area contributed by atoms with E-state index in [-0.39, 0.29) is 22.8 Å². The molecule has 1 amide bonds. The number of hydrogen-bond donors (Lipinski definition) is 0. The van der Waals surface area contributed by atoms with Crippen LogP contribution in [0.15, 0.2) is 47.8 Å². The molecule has 2 aliphatic heterocycles. The topological polar surface area (TPSA) is 58.0 Å². The van der Waals surface area contributed by atoms with Crippen LogP contribution in [0.2, 0.25) is 5.02 Å². The molecule has 7 heteroatoms. The molecule has 0 bridgehead atoms. The maximum absolute atomic E-state index is 13.3. The molecule has 186 valence electrons. The fraction of sp³-hybridized carbons (Fsp3) is 0.536. The van der Waals surface area contributed by atoms with Crippen molar-refractivity contribution in [1.29, 1.82) is 0 Å². The van der Waals surface area contributed by atoms with Gasteiger partial charge in [-0.25, -0.2) is 4.98 Å². The van der Waals surface area contributed by atoms with Gasteiger partial charge in [0.2, 0.25) is 5.91 Å². The van der Waals surface area contributed by atoms with Crippen LogP contribution in [-0.4, -0.2) is 53.3 Å². The van der Waals surface area contributed by atoms with Crippen LogP contribution in [0.5, 0.6) is 0 Å². The number of halogens is 1. The summed E-state index contributed by atoms with van der Waals surface area (Å²) in [5.74, 6) is 1.16. The number of rotatable bonds is 3. The third-order valence-electron chi connectivity index (χ3n) is 7.80. The Morgan fingerprint density at radius 3 is 2.37 bits per heavy atom. The van der Waals surface area contributed by atoms with E-state index in [0.29, 0.717) is 18.1 Å². The number of oxime groups is 1. The molecule has 1 aromatic heterocycles. The van der Waals surface area contributed by atoms with Gasteiger partial charge in [-0.1, -0.05) is 61.8 Å². The SMILES string of the molecule is CC(C)(C)c1ccc(C2=NO[C@]3(CC[C@H](C(=O)N4CCN(c5ncccc5Cl)CC4)CC3)C2)cc1. The maximum atomic E-state index is 13.3. The van der Waals surface area contributed by atoms with Gasteiger partial charge >= 0.3 is 0 Å². The van der Waals surface area contributed by atoms with Gasteiger partial charge in [-0.2, -0.15) is 0 Å². The lowest BCUT2D eigenvalue weighted by Gasteiger charge is -2.40. The summed E-state index contributed by atoms with van der Waals surface area (Å²) in [4.78, 5) is 27.9. The predicted molar refractivity (Wildman–Crippen MR) is 140 cm³/mol. The average Bonchev–Trinajstić information content (AvgIpc) is 3.27. The van der Waals surface area contributed by atoms with E-state index in [4.69, 9.17) is 16.4 Å². The van der Waals surface area contributed by atoms with Crippen LogP contribution in [0, 0.1) is 5.92 Å². The number of amides is 1. The molecule has 2 aromatic rings. The van der Waals surface area contributed by atoms with Gasteiger partial charge in [0, 0.05) is 44.7 Å². The van der Waals surface area contributed by atoms with Crippen molar-refractivity contribution in [3.8, 4) is 0 Å². The summed E-state index contributed by atoms with van der Waals surface area (Å²) in [5, 5.41) is 5.14. The number of hydrogen-bond acceptors (Lipinski definition) is 5. The molecule has 1 aromatic carbocycles. The summed E-state index contributed by atoms with van der Waals surface area (Å²) in [6.07, 6.45) is 6.05. The van der Waals surface area contributed by atoms with Gasteiger partial charge in [0.1, 0.15) is 11.4 Å². The van der Waals surface area contributed by atoms with Crippen LogP contribution in [0.4, 0.5) is 5.82 Å². The maximum Gasteiger partial charge on any atom is 0.225 e. The minimum absolute atomic E-state index is 0.0735. The van der Waals surface area contributed by atoms with E-state index in [0.717, 1.165) is 62.3 Å². The third-order valence-corrected chi connectivity index (χ3v) is 8.09. The molecule has 1 spiro atoms. The Hall–Kier alpha value is -2.60. The fourth-order valence-corrected chi connectivity index (χ4v) is 5.75. The standard InChI is InChI=1S/C28H35ClN4O2/c1-27(2,3)22-8-6-20(7-9-22)24-19-28(35-31-24)12-10-21(11-13-28)26(34)33-17-15-32(16-18-33)25-23(29)5-4-14-30-25/h4-9,14,21H,10-13,15-19H2,1-3H3/t21-,28-. The monoisotopic (exact) mass is 494 g/mol. The number of carbonyl (C=O) groups is 1. The Morgan fingerprint density at radius 1 is 1.06 bits per heavy atom. The molecular formula is C28H35ClN4O2. The summed E-state index contributed by atoms with van der Waals surface area (Å²) < 4.78 is 0. The average molecular weight is 495 g/mol. The number of carbonyl (C=O) groups excluding carboxylic acids is 1. The van der Waals surface area contributed by atoms with Crippen LogP contribution in [0.25, 0.3) is 0 Å². The Morgan fingerprint density at radius 2 is 1.74 bits per heavy atom. The molecule has 0 radical (unpaired) electrons. The van der Waals surface area contributed by atoms with Crippen molar-refractivity contribution in [2.24, 2.45) is 11.1 Å². The lowest BCUT2D eigenvalue weighted by atomic mass is 9.75. The zero-order valence-electron chi connectivity index (χ0n) is 21.0. The molecule has 5 rings (SSSR count). The second-order valence-electron chi connectivity index (χ2n) is 11.2. The molecule has 2 fully saturated rings. The minimum atomic E-state index is -0.247. The van der Waals surface area contributed by atoms with Gasteiger partial charge in [0.15, 0.2) is 0 Å². The van der Waals surface area contributed by atoms with Gasteiger partial charge in [-0.15, -0.1) is 0 Å². The lowest BCUT2D eigenvalue weighted by molar-refractivity contribution is -0.139. The smallest absolute Gasteiger partial charge is 0.225 e. The number of benzene rings is 1. The number of anilines is 1. The molecular weight excluding hydrogens is 460 g/mol. The highest BCUT2D eigenvalue weighted by Gasteiger charge is 2.44. The normalized spacial score (nSPS) is 24.9. The van der Waals surface area contributed by atoms with Crippen LogP contribution >= 0.6 is 11.6 Å². The van der Waals surface area contributed by atoms with Crippen LogP contribution < -0.4 is 4.90 Å². The van der Waals surface area contributed by atoms with Crippen molar-refractivity contribution >= 4 is 29.0 Å². The highest BCUT2D eigenvalue weighted by atomic mass is 35.5. The first-order valence-corrected chi connectivity index (χ1v) is 13.1. The molecule has 1 saturated carbocycles. The van der Waals surface area contributed by atoms with Crippen LogP contribution in [0.3, 0.4) is 0 Å². The number of pyridine rings is 1. The third kappa shape index (κ3) is 5.04. The lowest BCUT2D eigenvalue weighted by Crippen LogP contribution is -2.51. The Bertz CT molecular complexity index is 1090. The van der Waals surface area contributed by atoms with E-state index in [2.05, 4.69) is 60.1 Å². The second-order valence-corrected chi connectivity index (χ2v) is 11.6. The summed E-state index contributed by atoms with van der Waals surface area (Å²) in [6.45, 7) is 9.61. The molecule has 3 aliphatic rings.